The van der Waals surface area contributed by atoms with Crippen LogP contribution in [0, 0.1) is 13.8 Å². The minimum atomic E-state index is -0.935. The highest BCUT2D eigenvalue weighted by Gasteiger charge is 2.09. The van der Waals surface area contributed by atoms with Crippen LogP contribution < -0.4 is 0 Å². The zero-order valence-electron chi connectivity index (χ0n) is 6.76. The van der Waals surface area contributed by atoms with Crippen molar-refractivity contribution in [3.8, 4) is 0 Å². The number of aryl methyl sites for hydroxylation is 2. The van der Waals surface area contributed by atoms with E-state index < -0.39 is 5.97 Å². The Bertz CT molecular complexity index is 336. The van der Waals surface area contributed by atoms with Crippen molar-refractivity contribution in [2.24, 2.45) is 0 Å². The zero-order chi connectivity index (χ0) is 9.30. The lowest BCUT2D eigenvalue weighted by Gasteiger charge is -2.02. The predicted molar refractivity (Wildman–Crippen MR) is 48.4 cm³/mol. The second-order valence-corrected chi connectivity index (χ2v) is 3.29. The summed E-state index contributed by atoms with van der Waals surface area (Å²) in [4.78, 5) is 14.7. The molecule has 0 bridgehead atoms. The number of nitrogens with zero attached hydrogens (tertiary/aromatic N) is 1. The van der Waals surface area contributed by atoms with Gasteiger partial charge in [0.2, 0.25) is 0 Å². The molecule has 0 aromatic carbocycles. The predicted octanol–water partition coefficient (Wildman–Crippen LogP) is 2.16. The summed E-state index contributed by atoms with van der Waals surface area (Å²) in [7, 11) is 0. The van der Waals surface area contributed by atoms with Gasteiger partial charge in [-0.25, -0.2) is 9.78 Å². The Labute approximate surface area is 78.6 Å². The molecule has 64 valence electrons. The lowest BCUT2D eigenvalue weighted by molar-refractivity contribution is 0.0695. The van der Waals surface area contributed by atoms with Crippen molar-refractivity contribution in [1.29, 1.82) is 0 Å². The summed E-state index contributed by atoms with van der Waals surface area (Å²) in [5.74, 6) is -0.935. The van der Waals surface area contributed by atoms with Gasteiger partial charge in [0.1, 0.15) is 4.60 Å². The SMILES string of the molecule is Cc1cc(C(=O)O)c(C)nc1Br. The number of rotatable bonds is 1. The molecule has 0 spiro atoms. The number of aromatic nitrogens is 1. The molecule has 0 unspecified atom stereocenters. The van der Waals surface area contributed by atoms with Crippen molar-refractivity contribution in [3.05, 3.63) is 27.5 Å². The van der Waals surface area contributed by atoms with Crippen molar-refractivity contribution in [2.45, 2.75) is 13.8 Å². The van der Waals surface area contributed by atoms with Gasteiger partial charge in [0.15, 0.2) is 0 Å². The van der Waals surface area contributed by atoms with Crippen molar-refractivity contribution in [1.82, 2.24) is 4.98 Å². The molecule has 1 rings (SSSR count). The number of carboxylic acids is 1. The van der Waals surface area contributed by atoms with Gasteiger partial charge in [0.05, 0.1) is 11.3 Å². The molecule has 0 fully saturated rings. The molecule has 0 amide bonds. The normalized spacial score (nSPS) is 9.92. The molecule has 0 aliphatic carbocycles. The average Bonchev–Trinajstić information content (AvgIpc) is 1.96. The quantitative estimate of drug-likeness (QED) is 0.752. The maximum Gasteiger partial charge on any atom is 0.337 e. The van der Waals surface area contributed by atoms with Gasteiger partial charge in [-0.15, -0.1) is 0 Å². The number of pyridine rings is 1. The highest BCUT2D eigenvalue weighted by molar-refractivity contribution is 9.10. The average molecular weight is 230 g/mol. The van der Waals surface area contributed by atoms with E-state index in [0.717, 1.165) is 5.56 Å². The van der Waals surface area contributed by atoms with E-state index >= 15 is 0 Å². The summed E-state index contributed by atoms with van der Waals surface area (Å²) in [6.07, 6.45) is 0. The van der Waals surface area contributed by atoms with Gasteiger partial charge in [-0.1, -0.05) is 0 Å². The van der Waals surface area contributed by atoms with Gasteiger partial charge in [0.25, 0.3) is 0 Å². The summed E-state index contributed by atoms with van der Waals surface area (Å²) in [6, 6.07) is 1.61. The number of aromatic carboxylic acids is 1. The molecule has 1 aromatic heterocycles. The van der Waals surface area contributed by atoms with Crippen LogP contribution in [0.4, 0.5) is 0 Å². The van der Waals surface area contributed by atoms with Crippen LogP contribution in [-0.2, 0) is 0 Å². The Morgan fingerprint density at radius 1 is 1.58 bits per heavy atom. The van der Waals surface area contributed by atoms with Gasteiger partial charge in [-0.05, 0) is 41.4 Å². The van der Waals surface area contributed by atoms with Crippen LogP contribution in [0.1, 0.15) is 21.6 Å². The second kappa shape index (κ2) is 3.23. The summed E-state index contributed by atoms with van der Waals surface area (Å²) >= 11 is 3.23. The minimum absolute atomic E-state index is 0.260. The molecule has 12 heavy (non-hydrogen) atoms. The van der Waals surface area contributed by atoms with Crippen molar-refractivity contribution >= 4 is 21.9 Å². The molecule has 1 heterocycles. The maximum atomic E-state index is 10.6. The number of hydrogen-bond donors (Lipinski definition) is 1. The number of halogens is 1. The third kappa shape index (κ3) is 1.64. The summed E-state index contributed by atoms with van der Waals surface area (Å²) < 4.78 is 0.699. The summed E-state index contributed by atoms with van der Waals surface area (Å²) in [5, 5.41) is 8.73. The van der Waals surface area contributed by atoms with Gasteiger partial charge in [-0.2, -0.15) is 0 Å². The molecule has 4 heteroatoms. The van der Waals surface area contributed by atoms with Gasteiger partial charge in [0, 0.05) is 0 Å². The Morgan fingerprint density at radius 3 is 2.67 bits per heavy atom. The molecule has 0 saturated carbocycles. The molecule has 0 atom stereocenters. The van der Waals surface area contributed by atoms with Gasteiger partial charge >= 0.3 is 5.97 Å². The molecule has 0 saturated heterocycles. The molecule has 0 aliphatic rings. The van der Waals surface area contributed by atoms with E-state index in [1.165, 1.54) is 0 Å². The second-order valence-electron chi connectivity index (χ2n) is 2.53. The number of carbonyl (C=O) groups is 1. The van der Waals surface area contributed by atoms with Crippen LogP contribution >= 0.6 is 15.9 Å². The highest BCUT2D eigenvalue weighted by atomic mass is 79.9. The molecule has 1 aromatic rings. The minimum Gasteiger partial charge on any atom is -0.478 e. The van der Waals surface area contributed by atoms with Gasteiger partial charge < -0.3 is 5.11 Å². The molecular weight excluding hydrogens is 222 g/mol. The van der Waals surface area contributed by atoms with E-state index in [1.807, 2.05) is 6.92 Å². The fourth-order valence-electron chi connectivity index (χ4n) is 0.893. The van der Waals surface area contributed by atoms with E-state index in [4.69, 9.17) is 5.11 Å². The standard InChI is InChI=1S/C8H8BrNO2/c1-4-3-6(8(11)12)5(2)10-7(4)9/h3H,1-2H3,(H,11,12). The number of hydrogen-bond acceptors (Lipinski definition) is 2. The first-order valence-electron chi connectivity index (χ1n) is 3.39. The fraction of sp³-hybridized carbons (Fsp3) is 0.250. The van der Waals surface area contributed by atoms with E-state index in [1.54, 1.807) is 13.0 Å². The fourth-order valence-corrected chi connectivity index (χ4v) is 1.27. The Morgan fingerprint density at radius 2 is 2.17 bits per heavy atom. The molecule has 1 N–H and O–H groups in total. The zero-order valence-corrected chi connectivity index (χ0v) is 8.34. The van der Waals surface area contributed by atoms with Gasteiger partial charge in [-0.3, -0.25) is 0 Å². The topological polar surface area (TPSA) is 50.2 Å². The highest BCUT2D eigenvalue weighted by Crippen LogP contribution is 2.16. The van der Waals surface area contributed by atoms with Crippen molar-refractivity contribution in [2.75, 3.05) is 0 Å². The first-order chi connectivity index (χ1) is 5.52. The Balaban J connectivity index is 3.33. The third-order valence-corrected chi connectivity index (χ3v) is 2.38. The Hall–Kier alpha value is -0.900. The number of carboxylic acid groups (broad SMARTS) is 1. The van der Waals surface area contributed by atoms with Crippen LogP contribution in [0.2, 0.25) is 0 Å². The molecule has 0 aliphatic heterocycles. The molecular formula is C8H8BrNO2. The lowest BCUT2D eigenvalue weighted by Crippen LogP contribution is -2.02. The van der Waals surface area contributed by atoms with E-state index in [-0.39, 0.29) is 5.56 Å². The Kier molecular flexibility index (Phi) is 2.47. The van der Waals surface area contributed by atoms with Crippen LogP contribution in [-0.4, -0.2) is 16.1 Å². The van der Waals surface area contributed by atoms with Crippen LogP contribution in [0.15, 0.2) is 10.7 Å². The lowest BCUT2D eigenvalue weighted by atomic mass is 10.1. The largest absolute Gasteiger partial charge is 0.478 e. The van der Waals surface area contributed by atoms with Crippen LogP contribution in [0.25, 0.3) is 0 Å². The maximum absolute atomic E-state index is 10.6. The van der Waals surface area contributed by atoms with Crippen LogP contribution in [0.5, 0.6) is 0 Å². The van der Waals surface area contributed by atoms with E-state index in [2.05, 4.69) is 20.9 Å². The smallest absolute Gasteiger partial charge is 0.337 e. The first-order valence-corrected chi connectivity index (χ1v) is 4.18. The summed E-state index contributed by atoms with van der Waals surface area (Å²) in [6.45, 7) is 3.48. The van der Waals surface area contributed by atoms with Crippen LogP contribution in [0.3, 0.4) is 0 Å². The van der Waals surface area contributed by atoms with Crippen molar-refractivity contribution in [3.63, 3.8) is 0 Å². The molecule has 3 nitrogen and oxygen atoms in total. The summed E-state index contributed by atoms with van der Waals surface area (Å²) in [5.41, 5.74) is 1.62. The third-order valence-electron chi connectivity index (χ3n) is 1.57. The van der Waals surface area contributed by atoms with E-state index in [0.29, 0.717) is 10.3 Å². The van der Waals surface area contributed by atoms with E-state index in [9.17, 15) is 4.79 Å². The first kappa shape index (κ1) is 9.19. The molecule has 0 radical (unpaired) electrons. The van der Waals surface area contributed by atoms with Crippen molar-refractivity contribution < 1.29 is 9.90 Å². The monoisotopic (exact) mass is 229 g/mol.